The number of benzene rings is 2. The molecular weight excluding hydrogens is 318 g/mol. The second-order valence-electron chi connectivity index (χ2n) is 8.18. The lowest BCUT2D eigenvalue weighted by Gasteiger charge is -2.38. The third kappa shape index (κ3) is 2.13. The molecule has 0 saturated carbocycles. The van der Waals surface area contributed by atoms with Crippen molar-refractivity contribution in [2.45, 2.75) is 44.3 Å². The first-order valence-electron chi connectivity index (χ1n) is 9.73. The standard InChI is InChI=1S/C23H27N3/c1-4-13-26-16(2)25(3)22-20(26)10-9-17-11-12-23(24-21(17)22)14-18-7-5-6-8-19(18)15-23/h4-10,16,24H,1,11-15H2,2-3H3. The largest absolute Gasteiger partial charge is 0.377 e. The molecule has 5 rings (SSSR count). The van der Waals surface area contributed by atoms with Crippen LogP contribution in [0.2, 0.25) is 0 Å². The van der Waals surface area contributed by atoms with Crippen molar-refractivity contribution < 1.29 is 0 Å². The van der Waals surface area contributed by atoms with E-state index in [2.05, 4.69) is 72.1 Å². The molecule has 2 heterocycles. The Bertz CT molecular complexity index is 860. The van der Waals surface area contributed by atoms with Crippen LogP contribution in [0.1, 0.15) is 30.0 Å². The van der Waals surface area contributed by atoms with Gasteiger partial charge in [0.05, 0.1) is 23.2 Å². The van der Waals surface area contributed by atoms with E-state index in [9.17, 15) is 0 Å². The van der Waals surface area contributed by atoms with Crippen LogP contribution in [-0.4, -0.2) is 25.3 Å². The molecule has 2 aromatic carbocycles. The van der Waals surface area contributed by atoms with Crippen molar-refractivity contribution in [2.24, 2.45) is 0 Å². The highest BCUT2D eigenvalue weighted by Gasteiger charge is 2.42. The Labute approximate surface area is 156 Å². The van der Waals surface area contributed by atoms with E-state index >= 15 is 0 Å². The van der Waals surface area contributed by atoms with Crippen LogP contribution in [0.4, 0.5) is 17.1 Å². The van der Waals surface area contributed by atoms with Gasteiger partial charge in [-0.15, -0.1) is 6.58 Å². The maximum atomic E-state index is 4.04. The zero-order valence-electron chi connectivity index (χ0n) is 15.8. The second-order valence-corrected chi connectivity index (χ2v) is 8.18. The van der Waals surface area contributed by atoms with Crippen LogP contribution in [0.3, 0.4) is 0 Å². The minimum Gasteiger partial charge on any atom is -0.377 e. The number of nitrogens with one attached hydrogen (secondary N) is 1. The van der Waals surface area contributed by atoms with Gasteiger partial charge in [-0.1, -0.05) is 36.4 Å². The second kappa shape index (κ2) is 5.54. The minimum atomic E-state index is 0.182. The molecule has 3 heteroatoms. The normalized spacial score (nSPS) is 22.0. The lowest BCUT2D eigenvalue weighted by molar-refractivity contribution is 0.440. The van der Waals surface area contributed by atoms with Crippen molar-refractivity contribution in [3.63, 3.8) is 0 Å². The van der Waals surface area contributed by atoms with Gasteiger partial charge in [0.25, 0.3) is 0 Å². The van der Waals surface area contributed by atoms with Crippen molar-refractivity contribution >= 4 is 17.1 Å². The van der Waals surface area contributed by atoms with Crippen molar-refractivity contribution in [3.05, 3.63) is 65.7 Å². The molecular formula is C23H27N3. The zero-order valence-corrected chi connectivity index (χ0v) is 15.8. The number of nitrogens with zero attached hydrogens (tertiary/aromatic N) is 2. The molecule has 1 atom stereocenters. The maximum absolute atomic E-state index is 4.04. The van der Waals surface area contributed by atoms with Crippen LogP contribution in [-0.2, 0) is 19.3 Å². The number of rotatable bonds is 2. The van der Waals surface area contributed by atoms with Crippen molar-refractivity contribution in [3.8, 4) is 0 Å². The molecule has 3 aliphatic rings. The fourth-order valence-corrected chi connectivity index (χ4v) is 5.21. The van der Waals surface area contributed by atoms with Crippen molar-refractivity contribution in [1.29, 1.82) is 0 Å². The Kier molecular flexibility index (Phi) is 3.37. The summed E-state index contributed by atoms with van der Waals surface area (Å²) in [4.78, 5) is 4.86. The molecule has 0 bridgehead atoms. The minimum absolute atomic E-state index is 0.182. The van der Waals surface area contributed by atoms with Crippen LogP contribution in [0.15, 0.2) is 49.1 Å². The monoisotopic (exact) mass is 345 g/mol. The van der Waals surface area contributed by atoms with Gasteiger partial charge in [-0.25, -0.2) is 0 Å². The molecule has 134 valence electrons. The number of hydrogen-bond donors (Lipinski definition) is 1. The van der Waals surface area contributed by atoms with Gasteiger partial charge < -0.3 is 15.1 Å². The summed E-state index contributed by atoms with van der Waals surface area (Å²) in [5.74, 6) is 0. The van der Waals surface area contributed by atoms with E-state index in [0.29, 0.717) is 6.17 Å². The molecule has 1 aliphatic carbocycles. The van der Waals surface area contributed by atoms with Gasteiger partial charge >= 0.3 is 0 Å². The summed E-state index contributed by atoms with van der Waals surface area (Å²) < 4.78 is 0. The number of fused-ring (bicyclic) bond motifs is 4. The summed E-state index contributed by atoms with van der Waals surface area (Å²) >= 11 is 0. The van der Waals surface area contributed by atoms with Crippen LogP contribution < -0.4 is 15.1 Å². The van der Waals surface area contributed by atoms with E-state index in [-0.39, 0.29) is 5.54 Å². The molecule has 0 amide bonds. The first kappa shape index (κ1) is 15.8. The summed E-state index contributed by atoms with van der Waals surface area (Å²) in [6.45, 7) is 7.11. The highest BCUT2D eigenvalue weighted by molar-refractivity contribution is 5.91. The van der Waals surface area contributed by atoms with E-state index in [1.807, 2.05) is 6.08 Å². The molecule has 0 aromatic heterocycles. The first-order chi connectivity index (χ1) is 12.6. The predicted molar refractivity (Wildman–Crippen MR) is 110 cm³/mol. The fraction of sp³-hybridized carbons (Fsp3) is 0.391. The predicted octanol–water partition coefficient (Wildman–Crippen LogP) is 4.37. The summed E-state index contributed by atoms with van der Waals surface area (Å²) in [5, 5.41) is 4.04. The van der Waals surface area contributed by atoms with Gasteiger partial charge in [0.2, 0.25) is 0 Å². The quantitative estimate of drug-likeness (QED) is 0.816. The van der Waals surface area contributed by atoms with Gasteiger partial charge in [-0.3, -0.25) is 0 Å². The van der Waals surface area contributed by atoms with E-state index in [1.165, 1.54) is 40.2 Å². The molecule has 2 aromatic rings. The van der Waals surface area contributed by atoms with Gasteiger partial charge in [0.1, 0.15) is 0 Å². The zero-order chi connectivity index (χ0) is 17.9. The highest BCUT2D eigenvalue weighted by Crippen LogP contribution is 2.50. The summed E-state index contributed by atoms with van der Waals surface area (Å²) in [5.41, 5.74) is 8.75. The molecule has 1 unspecified atom stereocenters. The topological polar surface area (TPSA) is 18.5 Å². The van der Waals surface area contributed by atoms with Gasteiger partial charge in [0, 0.05) is 19.1 Å². The van der Waals surface area contributed by atoms with Crippen LogP contribution in [0, 0.1) is 0 Å². The molecule has 1 N–H and O–H groups in total. The third-order valence-corrected chi connectivity index (χ3v) is 6.68. The van der Waals surface area contributed by atoms with Crippen LogP contribution in [0.5, 0.6) is 0 Å². The lowest BCUT2D eigenvalue weighted by Crippen LogP contribution is -2.43. The third-order valence-electron chi connectivity index (χ3n) is 6.68. The average Bonchev–Trinajstić information content (AvgIpc) is 3.12. The molecule has 0 fully saturated rings. The Morgan fingerprint density at radius 3 is 2.58 bits per heavy atom. The Morgan fingerprint density at radius 1 is 1.15 bits per heavy atom. The summed E-state index contributed by atoms with van der Waals surface area (Å²) in [7, 11) is 2.22. The van der Waals surface area contributed by atoms with Crippen LogP contribution in [0.25, 0.3) is 0 Å². The summed E-state index contributed by atoms with van der Waals surface area (Å²) in [6.07, 6.45) is 7.01. The molecule has 26 heavy (non-hydrogen) atoms. The molecule has 3 nitrogen and oxygen atoms in total. The van der Waals surface area contributed by atoms with E-state index in [1.54, 1.807) is 0 Å². The van der Waals surface area contributed by atoms with Crippen LogP contribution >= 0.6 is 0 Å². The van der Waals surface area contributed by atoms with Gasteiger partial charge in [0.15, 0.2) is 0 Å². The molecule has 1 spiro atoms. The first-order valence-corrected chi connectivity index (χ1v) is 9.73. The Morgan fingerprint density at radius 2 is 1.88 bits per heavy atom. The number of aryl methyl sites for hydroxylation is 1. The molecule has 0 radical (unpaired) electrons. The molecule has 0 saturated heterocycles. The lowest BCUT2D eigenvalue weighted by atomic mass is 9.83. The van der Waals surface area contributed by atoms with Crippen molar-refractivity contribution in [2.75, 3.05) is 28.7 Å². The number of anilines is 3. The van der Waals surface area contributed by atoms with Crippen molar-refractivity contribution in [1.82, 2.24) is 0 Å². The molecule has 2 aliphatic heterocycles. The smallest absolute Gasteiger partial charge is 0.0989 e. The van der Waals surface area contributed by atoms with Gasteiger partial charge in [-0.2, -0.15) is 0 Å². The Balaban J connectivity index is 1.56. The average molecular weight is 345 g/mol. The fourth-order valence-electron chi connectivity index (χ4n) is 5.21. The number of hydrogen-bond acceptors (Lipinski definition) is 3. The van der Waals surface area contributed by atoms with E-state index in [0.717, 1.165) is 25.8 Å². The summed E-state index contributed by atoms with van der Waals surface area (Å²) in [6, 6.07) is 13.6. The Hall–Kier alpha value is -2.42. The van der Waals surface area contributed by atoms with Gasteiger partial charge in [-0.05, 0) is 55.4 Å². The van der Waals surface area contributed by atoms with E-state index < -0.39 is 0 Å². The maximum Gasteiger partial charge on any atom is 0.0989 e. The highest BCUT2D eigenvalue weighted by atomic mass is 15.4. The SMILES string of the molecule is C=CCN1c2ccc3c(c2N(C)C1C)NC1(CC3)Cc2ccccc2C1. The van der Waals surface area contributed by atoms with E-state index in [4.69, 9.17) is 0 Å².